The highest BCUT2D eigenvalue weighted by Gasteiger charge is 2.49. The van der Waals surface area contributed by atoms with Crippen LogP contribution in [0.15, 0.2) is 17.0 Å². The number of rotatable bonds is 3. The van der Waals surface area contributed by atoms with Gasteiger partial charge in [0, 0.05) is 17.1 Å². The second-order valence-corrected chi connectivity index (χ2v) is 7.89. The molecular formula is C14H22N2O3S. The lowest BCUT2D eigenvalue weighted by Gasteiger charge is -2.49. The molecule has 2 rings (SSSR count). The fraction of sp³-hybridized carbons (Fsp3) is 0.571. The van der Waals surface area contributed by atoms with Gasteiger partial charge in [-0.05, 0) is 43.5 Å². The lowest BCUT2D eigenvalue weighted by atomic mass is 9.65. The summed E-state index contributed by atoms with van der Waals surface area (Å²) in [5.74, 6) is 0. The van der Waals surface area contributed by atoms with Gasteiger partial charge in [-0.3, -0.25) is 0 Å². The van der Waals surface area contributed by atoms with Crippen LogP contribution in [0.4, 0.5) is 5.69 Å². The molecule has 112 valence electrons. The molecule has 2 atom stereocenters. The Labute approximate surface area is 120 Å². The van der Waals surface area contributed by atoms with Crippen molar-refractivity contribution in [2.45, 2.75) is 51.2 Å². The first-order valence-corrected chi connectivity index (χ1v) is 8.11. The molecule has 6 heteroatoms. The van der Waals surface area contributed by atoms with E-state index in [1.54, 1.807) is 13.0 Å². The van der Waals surface area contributed by atoms with Crippen molar-refractivity contribution in [3.05, 3.63) is 23.3 Å². The van der Waals surface area contributed by atoms with Crippen LogP contribution in [0.1, 0.15) is 31.4 Å². The van der Waals surface area contributed by atoms with Gasteiger partial charge in [-0.15, -0.1) is 0 Å². The summed E-state index contributed by atoms with van der Waals surface area (Å²) in [6.07, 6.45) is -0.0362. The Morgan fingerprint density at radius 1 is 1.35 bits per heavy atom. The second kappa shape index (κ2) is 4.72. The molecule has 1 aromatic rings. The largest absolute Gasteiger partial charge is 0.399 e. The second-order valence-electron chi connectivity index (χ2n) is 6.21. The van der Waals surface area contributed by atoms with E-state index in [1.165, 1.54) is 6.07 Å². The van der Waals surface area contributed by atoms with Gasteiger partial charge in [0.1, 0.15) is 0 Å². The fourth-order valence-electron chi connectivity index (χ4n) is 2.49. The van der Waals surface area contributed by atoms with Crippen molar-refractivity contribution in [1.82, 2.24) is 4.72 Å². The molecule has 1 aliphatic carbocycles. The lowest BCUT2D eigenvalue weighted by molar-refractivity contribution is -0.0645. The van der Waals surface area contributed by atoms with Gasteiger partial charge >= 0.3 is 0 Å². The molecule has 5 nitrogen and oxygen atoms in total. The van der Waals surface area contributed by atoms with Crippen molar-refractivity contribution in [1.29, 1.82) is 0 Å². The van der Waals surface area contributed by atoms with Gasteiger partial charge in [0.25, 0.3) is 0 Å². The quantitative estimate of drug-likeness (QED) is 0.734. The third kappa shape index (κ3) is 2.43. The van der Waals surface area contributed by atoms with E-state index in [0.29, 0.717) is 17.7 Å². The third-order valence-corrected chi connectivity index (χ3v) is 6.04. The van der Waals surface area contributed by atoms with E-state index in [0.717, 1.165) is 5.56 Å². The molecule has 0 radical (unpaired) electrons. The first-order chi connectivity index (χ1) is 9.05. The number of benzene rings is 1. The topological polar surface area (TPSA) is 92.4 Å². The molecule has 0 aliphatic heterocycles. The number of aliphatic hydroxyl groups is 1. The summed E-state index contributed by atoms with van der Waals surface area (Å²) >= 11 is 0. The molecule has 0 heterocycles. The molecule has 1 fully saturated rings. The molecule has 0 saturated heterocycles. The standard InChI is InChI=1S/C14H22N2O3S/c1-8-5-10(15)6-11(9(8)2)20(18,19)16-12-7-13(17)14(12,3)4/h5-6,12-13,16-17H,7,15H2,1-4H3. The third-order valence-electron chi connectivity index (χ3n) is 4.44. The molecule has 1 aliphatic rings. The summed E-state index contributed by atoms with van der Waals surface area (Å²) in [4.78, 5) is 0.215. The fourth-order valence-corrected chi connectivity index (χ4v) is 4.24. The summed E-state index contributed by atoms with van der Waals surface area (Å²) in [7, 11) is -3.63. The van der Waals surface area contributed by atoms with E-state index in [9.17, 15) is 13.5 Å². The van der Waals surface area contributed by atoms with Crippen LogP contribution < -0.4 is 10.5 Å². The molecule has 0 amide bonds. The highest BCUT2D eigenvalue weighted by atomic mass is 32.2. The summed E-state index contributed by atoms with van der Waals surface area (Å²) in [6, 6.07) is 2.97. The van der Waals surface area contributed by atoms with Gasteiger partial charge in [0.05, 0.1) is 11.0 Å². The van der Waals surface area contributed by atoms with Gasteiger partial charge in [0.15, 0.2) is 0 Å². The number of nitrogens with two attached hydrogens (primary N) is 1. The Hall–Kier alpha value is -1.11. The number of hydrogen-bond acceptors (Lipinski definition) is 4. The molecule has 20 heavy (non-hydrogen) atoms. The number of aliphatic hydroxyl groups excluding tert-OH is 1. The van der Waals surface area contributed by atoms with Crippen molar-refractivity contribution in [2.24, 2.45) is 5.41 Å². The summed E-state index contributed by atoms with van der Waals surface area (Å²) in [5.41, 5.74) is 7.27. The Bertz CT molecular complexity index is 638. The van der Waals surface area contributed by atoms with Gasteiger partial charge in [-0.25, -0.2) is 13.1 Å². The Morgan fingerprint density at radius 3 is 2.45 bits per heavy atom. The van der Waals surface area contributed by atoms with Crippen LogP contribution in [0.3, 0.4) is 0 Å². The van der Waals surface area contributed by atoms with Gasteiger partial charge in [-0.2, -0.15) is 0 Å². The van der Waals surface area contributed by atoms with E-state index in [4.69, 9.17) is 5.73 Å². The zero-order valence-electron chi connectivity index (χ0n) is 12.3. The van der Waals surface area contributed by atoms with Crippen LogP contribution in [0.2, 0.25) is 0 Å². The van der Waals surface area contributed by atoms with Crippen molar-refractivity contribution in [2.75, 3.05) is 5.73 Å². The number of aryl methyl sites for hydroxylation is 1. The van der Waals surface area contributed by atoms with E-state index in [1.807, 2.05) is 20.8 Å². The molecule has 0 bridgehead atoms. The predicted octanol–water partition coefficient (Wildman–Crippen LogP) is 1.32. The van der Waals surface area contributed by atoms with Crippen LogP contribution in [-0.2, 0) is 10.0 Å². The van der Waals surface area contributed by atoms with E-state index < -0.39 is 21.5 Å². The van der Waals surface area contributed by atoms with Crippen LogP contribution in [0.5, 0.6) is 0 Å². The van der Waals surface area contributed by atoms with Crippen LogP contribution in [0.25, 0.3) is 0 Å². The SMILES string of the molecule is Cc1cc(N)cc(S(=O)(=O)NC2CC(O)C2(C)C)c1C. The van der Waals surface area contributed by atoms with E-state index in [2.05, 4.69) is 4.72 Å². The Balaban J connectivity index is 2.33. The summed E-state index contributed by atoms with van der Waals surface area (Å²) in [5, 5.41) is 9.70. The first kappa shape index (κ1) is 15.3. The minimum atomic E-state index is -3.63. The Kier molecular flexibility index (Phi) is 3.60. The minimum absolute atomic E-state index is 0.215. The number of anilines is 1. The Morgan fingerprint density at radius 2 is 1.95 bits per heavy atom. The van der Waals surface area contributed by atoms with Crippen LogP contribution in [-0.4, -0.2) is 25.7 Å². The van der Waals surface area contributed by atoms with Crippen LogP contribution >= 0.6 is 0 Å². The summed E-state index contributed by atoms with van der Waals surface area (Å²) < 4.78 is 27.7. The molecule has 1 saturated carbocycles. The maximum absolute atomic E-state index is 12.5. The number of hydrogen-bond donors (Lipinski definition) is 3. The zero-order valence-corrected chi connectivity index (χ0v) is 13.1. The normalized spacial score (nSPS) is 25.2. The number of nitrogen functional groups attached to an aromatic ring is 1. The van der Waals surface area contributed by atoms with Crippen molar-refractivity contribution >= 4 is 15.7 Å². The predicted molar refractivity (Wildman–Crippen MR) is 78.8 cm³/mol. The average molecular weight is 298 g/mol. The smallest absolute Gasteiger partial charge is 0.241 e. The van der Waals surface area contributed by atoms with Gasteiger partial charge in [-0.1, -0.05) is 13.8 Å². The zero-order chi connectivity index (χ0) is 15.3. The summed E-state index contributed by atoms with van der Waals surface area (Å²) in [6.45, 7) is 7.31. The average Bonchev–Trinajstić information content (AvgIpc) is 2.33. The van der Waals surface area contributed by atoms with Crippen molar-refractivity contribution < 1.29 is 13.5 Å². The lowest BCUT2D eigenvalue weighted by Crippen LogP contribution is -2.61. The van der Waals surface area contributed by atoms with Crippen LogP contribution in [0, 0.1) is 19.3 Å². The van der Waals surface area contributed by atoms with E-state index >= 15 is 0 Å². The molecule has 2 unspecified atom stereocenters. The minimum Gasteiger partial charge on any atom is -0.399 e. The highest BCUT2D eigenvalue weighted by molar-refractivity contribution is 7.89. The van der Waals surface area contributed by atoms with Crippen molar-refractivity contribution in [3.8, 4) is 0 Å². The highest BCUT2D eigenvalue weighted by Crippen LogP contribution is 2.41. The molecule has 0 aromatic heterocycles. The molecule has 0 spiro atoms. The van der Waals surface area contributed by atoms with Gasteiger partial charge in [0.2, 0.25) is 10.0 Å². The molecule has 4 N–H and O–H groups in total. The molecular weight excluding hydrogens is 276 g/mol. The maximum atomic E-state index is 12.5. The monoisotopic (exact) mass is 298 g/mol. The molecule has 1 aromatic carbocycles. The van der Waals surface area contributed by atoms with Crippen molar-refractivity contribution in [3.63, 3.8) is 0 Å². The first-order valence-electron chi connectivity index (χ1n) is 6.63. The number of nitrogens with one attached hydrogen (secondary N) is 1. The number of sulfonamides is 1. The van der Waals surface area contributed by atoms with Gasteiger partial charge < -0.3 is 10.8 Å². The van der Waals surface area contributed by atoms with E-state index in [-0.39, 0.29) is 10.9 Å². The maximum Gasteiger partial charge on any atom is 0.241 e.